The molecule has 0 aliphatic carbocycles. The highest BCUT2D eigenvalue weighted by molar-refractivity contribution is 6.31. The number of carbonyl (C=O) groups is 1. The van der Waals surface area contributed by atoms with Gasteiger partial charge in [0.25, 0.3) is 0 Å². The van der Waals surface area contributed by atoms with Crippen LogP contribution in [0.1, 0.15) is 13.8 Å². The molecular formula is C13H17ClFN3O. The van der Waals surface area contributed by atoms with Crippen LogP contribution in [0.15, 0.2) is 12.1 Å². The molecule has 0 bridgehead atoms. The average Bonchev–Trinajstić information content (AvgIpc) is 2.32. The summed E-state index contributed by atoms with van der Waals surface area (Å²) in [5.41, 5.74) is 6.02. The van der Waals surface area contributed by atoms with Gasteiger partial charge in [0.2, 0.25) is 5.91 Å². The van der Waals surface area contributed by atoms with Crippen molar-refractivity contribution >= 4 is 28.9 Å². The van der Waals surface area contributed by atoms with E-state index in [-0.39, 0.29) is 10.9 Å². The predicted molar refractivity (Wildman–Crippen MR) is 74.9 cm³/mol. The first-order valence-corrected chi connectivity index (χ1v) is 6.40. The number of nitrogens with two attached hydrogens (primary N) is 1. The molecule has 0 saturated carbocycles. The summed E-state index contributed by atoms with van der Waals surface area (Å²) in [5.74, 6) is -0.554. The van der Waals surface area contributed by atoms with Gasteiger partial charge in [0.1, 0.15) is 11.4 Å². The summed E-state index contributed by atoms with van der Waals surface area (Å²) in [4.78, 5) is 15.7. The third kappa shape index (κ3) is 2.23. The molecule has 1 aliphatic heterocycles. The highest BCUT2D eigenvalue weighted by atomic mass is 35.5. The number of piperazine rings is 1. The summed E-state index contributed by atoms with van der Waals surface area (Å²) < 4.78 is 13.6. The lowest BCUT2D eigenvalue weighted by molar-refractivity contribution is -0.136. The monoisotopic (exact) mass is 285 g/mol. The van der Waals surface area contributed by atoms with Crippen molar-refractivity contribution in [1.29, 1.82) is 0 Å². The Kier molecular flexibility index (Phi) is 3.34. The summed E-state index contributed by atoms with van der Waals surface area (Å²) >= 11 is 5.70. The number of halogens is 2. The summed E-state index contributed by atoms with van der Waals surface area (Å²) in [6.07, 6.45) is 0. The summed E-state index contributed by atoms with van der Waals surface area (Å²) in [6.45, 7) is 4.78. The molecule has 1 fully saturated rings. The Hall–Kier alpha value is -1.49. The number of hydrogen-bond donors (Lipinski definition) is 1. The van der Waals surface area contributed by atoms with Gasteiger partial charge in [-0.05, 0) is 19.9 Å². The highest BCUT2D eigenvalue weighted by Gasteiger charge is 2.41. The van der Waals surface area contributed by atoms with Crippen molar-refractivity contribution in [3.05, 3.63) is 23.0 Å². The van der Waals surface area contributed by atoms with Crippen LogP contribution >= 0.6 is 11.6 Å². The third-order valence-corrected chi connectivity index (χ3v) is 3.85. The number of carbonyl (C=O) groups excluding carboxylic acids is 1. The Bertz CT molecular complexity index is 533. The number of nitrogen functional groups attached to an aromatic ring is 1. The fourth-order valence-electron chi connectivity index (χ4n) is 2.42. The Labute approximate surface area is 116 Å². The van der Waals surface area contributed by atoms with Gasteiger partial charge in [-0.2, -0.15) is 0 Å². The zero-order valence-electron chi connectivity index (χ0n) is 11.2. The summed E-state index contributed by atoms with van der Waals surface area (Å²) in [5, 5.41) is -0.0143. The Morgan fingerprint density at radius 2 is 2.00 bits per heavy atom. The van der Waals surface area contributed by atoms with Crippen LogP contribution in [0.5, 0.6) is 0 Å². The van der Waals surface area contributed by atoms with E-state index in [1.807, 2.05) is 4.90 Å². The number of rotatable bonds is 1. The van der Waals surface area contributed by atoms with Crippen LogP contribution < -0.4 is 10.6 Å². The van der Waals surface area contributed by atoms with Crippen LogP contribution in [-0.4, -0.2) is 36.5 Å². The Morgan fingerprint density at radius 1 is 1.37 bits per heavy atom. The molecule has 2 rings (SSSR count). The largest absolute Gasteiger partial charge is 0.397 e. The van der Waals surface area contributed by atoms with Gasteiger partial charge in [-0.15, -0.1) is 0 Å². The van der Waals surface area contributed by atoms with Gasteiger partial charge in [0.15, 0.2) is 0 Å². The minimum Gasteiger partial charge on any atom is -0.397 e. The molecule has 1 aliphatic rings. The summed E-state index contributed by atoms with van der Waals surface area (Å²) in [6, 6.07) is 2.67. The van der Waals surface area contributed by atoms with Crippen LogP contribution in [-0.2, 0) is 4.79 Å². The van der Waals surface area contributed by atoms with E-state index in [2.05, 4.69) is 0 Å². The minimum atomic E-state index is -0.763. The normalized spacial score (nSPS) is 18.9. The van der Waals surface area contributed by atoms with Crippen molar-refractivity contribution in [2.45, 2.75) is 19.4 Å². The van der Waals surface area contributed by atoms with Gasteiger partial charge >= 0.3 is 0 Å². The summed E-state index contributed by atoms with van der Waals surface area (Å²) in [7, 11) is 1.76. The second-order valence-corrected chi connectivity index (χ2v) is 5.67. The molecule has 1 aromatic rings. The number of likely N-dealkylation sites (N-methyl/N-ethyl adjacent to an activating group) is 1. The maximum absolute atomic E-state index is 13.6. The van der Waals surface area contributed by atoms with E-state index in [0.29, 0.717) is 24.5 Å². The van der Waals surface area contributed by atoms with Crippen LogP contribution in [0.3, 0.4) is 0 Å². The van der Waals surface area contributed by atoms with Crippen LogP contribution in [0.2, 0.25) is 5.02 Å². The lowest BCUT2D eigenvalue weighted by atomic mass is 9.96. The zero-order valence-corrected chi connectivity index (χ0v) is 12.0. The highest BCUT2D eigenvalue weighted by Crippen LogP contribution is 2.35. The minimum absolute atomic E-state index is 0.0143. The van der Waals surface area contributed by atoms with Crippen LogP contribution in [0.4, 0.5) is 15.8 Å². The molecule has 1 aromatic carbocycles. The lowest BCUT2D eigenvalue weighted by Crippen LogP contribution is -2.62. The van der Waals surface area contributed by atoms with Crippen LogP contribution in [0, 0.1) is 5.82 Å². The smallest absolute Gasteiger partial charge is 0.247 e. The fourth-order valence-corrected chi connectivity index (χ4v) is 2.59. The number of anilines is 2. The number of benzene rings is 1. The van der Waals surface area contributed by atoms with Gasteiger partial charge in [-0.3, -0.25) is 4.79 Å². The Morgan fingerprint density at radius 3 is 2.63 bits per heavy atom. The van der Waals surface area contributed by atoms with Gasteiger partial charge in [-0.25, -0.2) is 4.39 Å². The van der Waals surface area contributed by atoms with Gasteiger partial charge in [0, 0.05) is 26.2 Å². The first-order valence-electron chi connectivity index (χ1n) is 6.03. The maximum atomic E-state index is 13.6. The number of hydrogen-bond acceptors (Lipinski definition) is 3. The van der Waals surface area contributed by atoms with Crippen molar-refractivity contribution in [1.82, 2.24) is 4.90 Å². The first-order chi connectivity index (χ1) is 8.75. The van der Waals surface area contributed by atoms with Gasteiger partial charge < -0.3 is 15.5 Å². The van der Waals surface area contributed by atoms with E-state index in [0.717, 1.165) is 0 Å². The van der Waals surface area contributed by atoms with Crippen molar-refractivity contribution in [3.8, 4) is 0 Å². The second-order valence-electron chi connectivity index (χ2n) is 5.26. The molecule has 0 spiro atoms. The van der Waals surface area contributed by atoms with Gasteiger partial charge in [0.05, 0.1) is 16.4 Å². The SMILES string of the molecule is CN1CCN(c2cc(F)c(Cl)cc2N)C(C)(C)C1=O. The number of amides is 1. The molecule has 2 N–H and O–H groups in total. The predicted octanol–water partition coefficient (Wildman–Crippen LogP) is 2.12. The molecule has 1 amide bonds. The second kappa shape index (κ2) is 4.56. The van der Waals surface area contributed by atoms with E-state index in [9.17, 15) is 9.18 Å². The molecule has 19 heavy (non-hydrogen) atoms. The average molecular weight is 286 g/mol. The van der Waals surface area contributed by atoms with Gasteiger partial charge in [-0.1, -0.05) is 11.6 Å². The Balaban J connectivity index is 2.47. The van der Waals surface area contributed by atoms with E-state index in [1.54, 1.807) is 25.8 Å². The number of nitrogens with zero attached hydrogens (tertiary/aromatic N) is 2. The molecular weight excluding hydrogens is 269 g/mol. The molecule has 0 aromatic heterocycles. The van der Waals surface area contributed by atoms with Crippen molar-refractivity contribution in [2.75, 3.05) is 30.8 Å². The molecule has 1 heterocycles. The zero-order chi connectivity index (χ0) is 14.4. The maximum Gasteiger partial charge on any atom is 0.247 e. The fraction of sp³-hybridized carbons (Fsp3) is 0.462. The molecule has 0 atom stereocenters. The van der Waals surface area contributed by atoms with Crippen molar-refractivity contribution in [3.63, 3.8) is 0 Å². The van der Waals surface area contributed by atoms with Crippen molar-refractivity contribution in [2.24, 2.45) is 0 Å². The third-order valence-electron chi connectivity index (χ3n) is 3.56. The molecule has 0 unspecified atom stereocenters. The molecule has 1 saturated heterocycles. The van der Waals surface area contributed by atoms with E-state index in [1.165, 1.54) is 12.1 Å². The standard InChI is InChI=1S/C13H17ClFN3O/c1-13(2)12(19)17(3)4-5-18(13)11-7-9(15)8(14)6-10(11)16/h6-7H,4-5,16H2,1-3H3. The van der Waals surface area contributed by atoms with Crippen molar-refractivity contribution < 1.29 is 9.18 Å². The molecule has 6 heteroatoms. The topological polar surface area (TPSA) is 49.6 Å². The molecule has 0 radical (unpaired) electrons. The van der Waals surface area contributed by atoms with Crippen LogP contribution in [0.25, 0.3) is 0 Å². The van der Waals surface area contributed by atoms with E-state index in [4.69, 9.17) is 17.3 Å². The van der Waals surface area contributed by atoms with E-state index < -0.39 is 11.4 Å². The van der Waals surface area contributed by atoms with E-state index >= 15 is 0 Å². The quantitative estimate of drug-likeness (QED) is 0.804. The lowest BCUT2D eigenvalue weighted by Gasteiger charge is -2.46. The first kappa shape index (κ1) is 13.9. The molecule has 4 nitrogen and oxygen atoms in total. The molecule has 104 valence electrons.